The molecule has 1 aliphatic carbocycles. The minimum atomic E-state index is -0.662. The van der Waals surface area contributed by atoms with Crippen LogP contribution in [0.15, 0.2) is 80.7 Å². The van der Waals surface area contributed by atoms with E-state index in [1.807, 2.05) is 36.4 Å². The van der Waals surface area contributed by atoms with Gasteiger partial charge in [-0.1, -0.05) is 35.5 Å². The van der Waals surface area contributed by atoms with Crippen molar-refractivity contribution in [1.29, 1.82) is 0 Å². The van der Waals surface area contributed by atoms with Crippen LogP contribution in [0.2, 0.25) is 0 Å². The Kier molecular flexibility index (Phi) is 4.74. The van der Waals surface area contributed by atoms with Gasteiger partial charge in [0.25, 0.3) is 5.56 Å². The van der Waals surface area contributed by atoms with Crippen molar-refractivity contribution in [2.24, 2.45) is 0 Å². The van der Waals surface area contributed by atoms with Crippen molar-refractivity contribution in [3.8, 4) is 22.8 Å². The Balaban J connectivity index is 1.25. The van der Waals surface area contributed by atoms with Gasteiger partial charge in [0, 0.05) is 24.2 Å². The second-order valence-corrected chi connectivity index (χ2v) is 7.54. The molecule has 0 radical (unpaired) electrons. The van der Waals surface area contributed by atoms with Crippen LogP contribution in [0.5, 0.6) is 0 Å². The average molecular weight is 416 g/mol. The second-order valence-electron chi connectivity index (χ2n) is 7.54. The Morgan fingerprint density at radius 3 is 2.65 bits per heavy atom. The smallest absolute Gasteiger partial charge is 0.266 e. The number of nitrogens with one attached hydrogen (secondary N) is 1. The van der Waals surface area contributed by atoms with Gasteiger partial charge in [0.1, 0.15) is 5.69 Å². The van der Waals surface area contributed by atoms with Crippen LogP contribution in [0, 0.1) is 0 Å². The van der Waals surface area contributed by atoms with Crippen molar-refractivity contribution in [1.82, 2.24) is 20.3 Å². The van der Waals surface area contributed by atoms with E-state index < -0.39 is 5.41 Å². The summed E-state index contributed by atoms with van der Waals surface area (Å²) >= 11 is 0. The van der Waals surface area contributed by atoms with Gasteiger partial charge in [-0.15, -0.1) is 0 Å². The van der Waals surface area contributed by atoms with Crippen molar-refractivity contribution in [2.45, 2.75) is 24.8 Å². The number of furan rings is 1. The molecule has 3 aromatic heterocycles. The number of benzene rings is 1. The van der Waals surface area contributed by atoms with Crippen LogP contribution in [0.3, 0.4) is 0 Å². The van der Waals surface area contributed by atoms with Crippen molar-refractivity contribution in [3.63, 3.8) is 0 Å². The highest BCUT2D eigenvalue weighted by atomic mass is 16.5. The van der Waals surface area contributed by atoms with Crippen molar-refractivity contribution < 1.29 is 13.7 Å². The van der Waals surface area contributed by atoms with Gasteiger partial charge in [0.15, 0.2) is 11.5 Å². The molecule has 1 amide bonds. The Bertz CT molecular complexity index is 1250. The minimum Gasteiger partial charge on any atom is -0.463 e. The molecule has 8 nitrogen and oxygen atoms in total. The normalized spacial score (nSPS) is 14.3. The molecule has 3 heterocycles. The number of rotatable bonds is 7. The number of carbonyl (C=O) groups excluding carboxylic acids is 1. The molecule has 1 N–H and O–H groups in total. The fourth-order valence-corrected chi connectivity index (χ4v) is 3.57. The summed E-state index contributed by atoms with van der Waals surface area (Å²) < 4.78 is 12.1. The summed E-state index contributed by atoms with van der Waals surface area (Å²) in [6.45, 7) is 0.530. The molecule has 0 saturated heterocycles. The quantitative estimate of drug-likeness (QED) is 0.497. The predicted molar refractivity (Wildman–Crippen MR) is 112 cm³/mol. The van der Waals surface area contributed by atoms with E-state index in [1.54, 1.807) is 24.5 Å². The molecule has 156 valence electrons. The number of aromatic nitrogens is 3. The van der Waals surface area contributed by atoms with Crippen molar-refractivity contribution in [2.75, 3.05) is 6.54 Å². The Morgan fingerprint density at radius 2 is 1.90 bits per heavy atom. The zero-order valence-corrected chi connectivity index (χ0v) is 16.7. The molecular formula is C23H20N4O4. The van der Waals surface area contributed by atoms with Crippen molar-refractivity contribution in [3.05, 3.63) is 83.0 Å². The molecule has 1 aliphatic rings. The topological polar surface area (TPSA) is 103 Å². The summed E-state index contributed by atoms with van der Waals surface area (Å²) in [5.74, 6) is 1.10. The third-order valence-corrected chi connectivity index (χ3v) is 5.49. The maximum absolute atomic E-state index is 12.9. The first kappa shape index (κ1) is 19.0. The maximum atomic E-state index is 12.9. The van der Waals surface area contributed by atoms with Crippen LogP contribution in [0.1, 0.15) is 18.5 Å². The highest BCUT2D eigenvalue weighted by molar-refractivity contribution is 5.91. The fourth-order valence-electron chi connectivity index (χ4n) is 3.57. The van der Waals surface area contributed by atoms with Gasteiger partial charge in [-0.25, -0.2) is 4.68 Å². The van der Waals surface area contributed by atoms with Gasteiger partial charge in [-0.05, 0) is 31.0 Å². The maximum Gasteiger partial charge on any atom is 0.266 e. The van der Waals surface area contributed by atoms with Gasteiger partial charge in [0.05, 0.1) is 23.9 Å². The number of carbonyl (C=O) groups is 1. The molecule has 0 bridgehead atoms. The lowest BCUT2D eigenvalue weighted by Gasteiger charge is -2.13. The van der Waals surface area contributed by atoms with E-state index in [1.165, 1.54) is 10.7 Å². The highest BCUT2D eigenvalue weighted by Gasteiger charge is 2.53. The lowest BCUT2D eigenvalue weighted by atomic mass is 10.0. The second kappa shape index (κ2) is 7.71. The molecule has 1 saturated carbocycles. The van der Waals surface area contributed by atoms with E-state index in [4.69, 9.17) is 8.94 Å². The molecular weight excluding hydrogens is 396 g/mol. The number of hydrogen-bond acceptors (Lipinski definition) is 6. The summed E-state index contributed by atoms with van der Waals surface area (Å²) in [5.41, 5.74) is 1.21. The first-order valence-corrected chi connectivity index (χ1v) is 10.1. The monoisotopic (exact) mass is 416 g/mol. The molecule has 31 heavy (non-hydrogen) atoms. The van der Waals surface area contributed by atoms with Gasteiger partial charge < -0.3 is 14.3 Å². The third-order valence-electron chi connectivity index (χ3n) is 5.49. The minimum absolute atomic E-state index is 0.115. The van der Waals surface area contributed by atoms with E-state index in [-0.39, 0.29) is 24.6 Å². The lowest BCUT2D eigenvalue weighted by molar-refractivity contribution is -0.123. The van der Waals surface area contributed by atoms with E-state index in [0.717, 1.165) is 5.56 Å². The van der Waals surface area contributed by atoms with Crippen LogP contribution >= 0.6 is 0 Å². The van der Waals surface area contributed by atoms with Gasteiger partial charge in [0.2, 0.25) is 5.91 Å². The zero-order chi connectivity index (χ0) is 21.3. The van der Waals surface area contributed by atoms with Crippen LogP contribution in [-0.2, 0) is 16.8 Å². The van der Waals surface area contributed by atoms with Crippen LogP contribution < -0.4 is 10.9 Å². The molecule has 1 fully saturated rings. The molecule has 0 spiro atoms. The van der Waals surface area contributed by atoms with E-state index in [9.17, 15) is 9.59 Å². The molecule has 5 rings (SSSR count). The summed E-state index contributed by atoms with van der Waals surface area (Å²) in [4.78, 5) is 25.0. The van der Waals surface area contributed by atoms with Crippen LogP contribution in [-0.4, -0.2) is 27.4 Å². The molecule has 0 aliphatic heterocycles. The SMILES string of the molecule is O=C(NCCn1nc(-c2ccco2)ccc1=O)C1(c2cc(-c3ccccc3)on2)CC1. The Hall–Kier alpha value is -3.94. The summed E-state index contributed by atoms with van der Waals surface area (Å²) in [5, 5.41) is 11.4. The molecule has 8 heteroatoms. The fraction of sp³-hybridized carbons (Fsp3) is 0.217. The zero-order valence-electron chi connectivity index (χ0n) is 16.7. The van der Waals surface area contributed by atoms with Crippen LogP contribution in [0.25, 0.3) is 22.8 Å². The Morgan fingerprint density at radius 1 is 1.06 bits per heavy atom. The summed E-state index contributed by atoms with van der Waals surface area (Å²) in [7, 11) is 0. The van der Waals surface area contributed by atoms with Crippen LogP contribution in [0.4, 0.5) is 0 Å². The first-order valence-electron chi connectivity index (χ1n) is 10.1. The van der Waals surface area contributed by atoms with E-state index >= 15 is 0 Å². The lowest BCUT2D eigenvalue weighted by Crippen LogP contribution is -2.38. The van der Waals surface area contributed by atoms with E-state index in [2.05, 4.69) is 15.6 Å². The summed E-state index contributed by atoms with van der Waals surface area (Å²) in [6, 6.07) is 18.1. The van der Waals surface area contributed by atoms with Gasteiger partial charge in [-0.3, -0.25) is 9.59 Å². The number of amides is 1. The Labute approximate surface area is 177 Å². The van der Waals surface area contributed by atoms with Gasteiger partial charge in [-0.2, -0.15) is 5.10 Å². The molecule has 1 aromatic carbocycles. The standard InChI is InChI=1S/C23H20N4O4/c28-21-9-8-17(18-7-4-14-30-18)25-27(21)13-12-24-22(29)23(10-11-23)20-15-19(31-26-20)16-5-2-1-3-6-16/h1-9,14-15H,10-13H2,(H,24,29). The summed E-state index contributed by atoms with van der Waals surface area (Å²) in [6.07, 6.45) is 2.98. The van der Waals surface area contributed by atoms with Gasteiger partial charge >= 0.3 is 0 Å². The number of nitrogens with zero attached hydrogens (tertiary/aromatic N) is 3. The largest absolute Gasteiger partial charge is 0.463 e. The predicted octanol–water partition coefficient (Wildman–Crippen LogP) is 3.01. The first-order chi connectivity index (χ1) is 15.2. The van der Waals surface area contributed by atoms with Crippen molar-refractivity contribution >= 4 is 5.91 Å². The third kappa shape index (κ3) is 3.68. The number of hydrogen-bond donors (Lipinski definition) is 1. The molecule has 0 atom stereocenters. The average Bonchev–Trinajstić information content (AvgIpc) is 3.19. The van der Waals surface area contributed by atoms with E-state index in [0.29, 0.717) is 35.7 Å². The molecule has 0 unspecified atom stereocenters. The molecule has 4 aromatic rings. The highest BCUT2D eigenvalue weighted by Crippen LogP contribution is 2.48.